The van der Waals surface area contributed by atoms with E-state index in [1.54, 1.807) is 10.6 Å². The molecule has 0 aliphatic carbocycles. The van der Waals surface area contributed by atoms with Gasteiger partial charge >= 0.3 is 5.97 Å². The lowest BCUT2D eigenvalue weighted by Crippen LogP contribution is -2.40. The number of carbonyl (C=O) groups is 1. The zero-order chi connectivity index (χ0) is 28.8. The molecule has 5 rings (SSSR count). The zero-order valence-corrected chi connectivity index (χ0v) is 24.0. The smallest absolute Gasteiger partial charge is 0.337 e. The first-order valence-electron chi connectivity index (χ1n) is 13.7. The van der Waals surface area contributed by atoms with Crippen LogP contribution in [0.3, 0.4) is 0 Å². The Balaban J connectivity index is 1.68. The molecule has 0 unspecified atom stereocenters. The number of ether oxygens (including phenoxy) is 1. The highest BCUT2D eigenvalue weighted by Crippen LogP contribution is 2.39. The van der Waals surface area contributed by atoms with Gasteiger partial charge in [0, 0.05) is 30.4 Å². The van der Waals surface area contributed by atoms with Crippen LogP contribution in [0.4, 0.5) is 10.2 Å². The standard InChI is InChI=1S/C32H37FN4O3/c1-20-27(28(30(38)39)40-31(2,3)4)29(36-15-13-32(5,6)14-16-36)37-26(34-20)19-25(35-37)23-11-7-9-21(17-23)22-10-8-12-24(33)18-22/h7-12,17-19,28H,13-16H2,1-6H3,(H,38,39)/t28-/m0/s1. The summed E-state index contributed by atoms with van der Waals surface area (Å²) in [7, 11) is 0. The largest absolute Gasteiger partial charge is 0.479 e. The second-order valence-corrected chi connectivity index (χ2v) is 12.4. The molecule has 1 N–H and O–H groups in total. The highest BCUT2D eigenvalue weighted by molar-refractivity contribution is 5.79. The topological polar surface area (TPSA) is 80.0 Å². The van der Waals surface area contributed by atoms with Crippen LogP contribution < -0.4 is 4.90 Å². The number of carboxylic acids is 1. The van der Waals surface area contributed by atoms with Gasteiger partial charge in [-0.15, -0.1) is 0 Å². The number of hydrogen-bond donors (Lipinski definition) is 1. The van der Waals surface area contributed by atoms with Gasteiger partial charge in [0.15, 0.2) is 11.8 Å². The molecule has 2 aromatic carbocycles. The Hall–Kier alpha value is -3.78. The molecule has 2 aromatic heterocycles. The average molecular weight is 545 g/mol. The maximum absolute atomic E-state index is 13.9. The lowest BCUT2D eigenvalue weighted by atomic mass is 9.82. The Morgan fingerprint density at radius 3 is 2.27 bits per heavy atom. The van der Waals surface area contributed by atoms with E-state index in [9.17, 15) is 14.3 Å². The Morgan fingerprint density at radius 2 is 1.65 bits per heavy atom. The van der Waals surface area contributed by atoms with Crippen LogP contribution in [0, 0.1) is 18.2 Å². The van der Waals surface area contributed by atoms with Gasteiger partial charge in [-0.3, -0.25) is 0 Å². The third-order valence-corrected chi connectivity index (χ3v) is 7.49. The summed E-state index contributed by atoms with van der Waals surface area (Å²) >= 11 is 0. The molecule has 1 atom stereocenters. The number of hydrogen-bond acceptors (Lipinski definition) is 5. The molecule has 0 spiro atoms. The van der Waals surface area contributed by atoms with Crippen LogP contribution >= 0.6 is 0 Å². The number of rotatable bonds is 6. The van der Waals surface area contributed by atoms with Gasteiger partial charge < -0.3 is 14.7 Å². The third kappa shape index (κ3) is 5.72. The summed E-state index contributed by atoms with van der Waals surface area (Å²) in [5.74, 6) is -0.641. The fourth-order valence-electron chi connectivity index (χ4n) is 5.30. The maximum atomic E-state index is 13.9. The molecule has 7 nitrogen and oxygen atoms in total. The van der Waals surface area contributed by atoms with E-state index in [2.05, 4.69) is 18.7 Å². The monoisotopic (exact) mass is 544 g/mol. The summed E-state index contributed by atoms with van der Waals surface area (Å²) in [5, 5.41) is 15.3. The molecule has 0 radical (unpaired) electrons. The number of piperidine rings is 1. The Kier molecular flexibility index (Phi) is 7.17. The van der Waals surface area contributed by atoms with Crippen molar-refractivity contribution in [1.29, 1.82) is 0 Å². The van der Waals surface area contributed by atoms with E-state index in [-0.39, 0.29) is 11.2 Å². The van der Waals surface area contributed by atoms with Gasteiger partial charge in [-0.05, 0) is 75.3 Å². The molecule has 1 saturated heterocycles. The molecular formula is C32H37FN4O3. The van der Waals surface area contributed by atoms with Gasteiger partial charge in [-0.25, -0.2) is 14.2 Å². The number of nitrogens with zero attached hydrogens (tertiary/aromatic N) is 4. The number of halogens is 1. The van der Waals surface area contributed by atoms with E-state index in [4.69, 9.17) is 14.8 Å². The van der Waals surface area contributed by atoms with Crippen LogP contribution in [0.1, 0.15) is 64.8 Å². The summed E-state index contributed by atoms with van der Waals surface area (Å²) in [6, 6.07) is 16.2. The van der Waals surface area contributed by atoms with Crippen molar-refractivity contribution in [3.8, 4) is 22.4 Å². The van der Waals surface area contributed by atoms with Crippen molar-refractivity contribution in [2.45, 2.75) is 66.1 Å². The quantitative estimate of drug-likeness (QED) is 0.279. The minimum absolute atomic E-state index is 0.207. The van der Waals surface area contributed by atoms with Gasteiger partial charge in [-0.1, -0.05) is 44.2 Å². The Labute approximate surface area is 234 Å². The van der Waals surface area contributed by atoms with Crippen molar-refractivity contribution in [1.82, 2.24) is 14.6 Å². The molecule has 40 heavy (non-hydrogen) atoms. The van der Waals surface area contributed by atoms with E-state index in [0.717, 1.165) is 42.6 Å². The average Bonchev–Trinajstić information content (AvgIpc) is 3.30. The second-order valence-electron chi connectivity index (χ2n) is 12.4. The third-order valence-electron chi connectivity index (χ3n) is 7.49. The normalized spacial score (nSPS) is 16.3. The number of aromatic nitrogens is 3. The van der Waals surface area contributed by atoms with Crippen LogP contribution in [0.15, 0.2) is 54.6 Å². The minimum atomic E-state index is -1.20. The Bertz CT molecular complexity index is 1560. The van der Waals surface area contributed by atoms with E-state index in [1.165, 1.54) is 12.1 Å². The molecule has 210 valence electrons. The van der Waals surface area contributed by atoms with E-state index >= 15 is 0 Å². The summed E-state index contributed by atoms with van der Waals surface area (Å²) in [6.45, 7) is 13.5. The predicted molar refractivity (Wildman–Crippen MR) is 155 cm³/mol. The molecule has 1 aliphatic rings. The van der Waals surface area contributed by atoms with Gasteiger partial charge in [0.1, 0.15) is 11.6 Å². The predicted octanol–water partition coefficient (Wildman–Crippen LogP) is 7.08. The van der Waals surface area contributed by atoms with Crippen LogP contribution in [-0.4, -0.2) is 44.4 Å². The number of benzene rings is 2. The highest BCUT2D eigenvalue weighted by atomic mass is 19.1. The summed E-state index contributed by atoms with van der Waals surface area (Å²) in [6.07, 6.45) is 0.735. The number of aryl methyl sites for hydroxylation is 1. The van der Waals surface area contributed by atoms with Crippen molar-refractivity contribution in [3.05, 3.63) is 71.7 Å². The van der Waals surface area contributed by atoms with Gasteiger partial charge in [0.2, 0.25) is 0 Å². The van der Waals surface area contributed by atoms with E-state index in [1.807, 2.05) is 64.1 Å². The van der Waals surface area contributed by atoms with E-state index < -0.39 is 17.7 Å². The highest BCUT2D eigenvalue weighted by Gasteiger charge is 2.36. The van der Waals surface area contributed by atoms with E-state index in [0.29, 0.717) is 28.4 Å². The van der Waals surface area contributed by atoms with Crippen LogP contribution in [0.5, 0.6) is 0 Å². The lowest BCUT2D eigenvalue weighted by molar-refractivity contribution is -0.160. The fraction of sp³-hybridized carbons (Fsp3) is 0.406. The van der Waals surface area contributed by atoms with Crippen LogP contribution in [-0.2, 0) is 9.53 Å². The number of aliphatic carboxylic acids is 1. The fourth-order valence-corrected chi connectivity index (χ4v) is 5.30. The van der Waals surface area contributed by atoms with Crippen molar-refractivity contribution in [3.63, 3.8) is 0 Å². The molecule has 0 amide bonds. The number of fused-ring (bicyclic) bond motifs is 1. The maximum Gasteiger partial charge on any atom is 0.337 e. The lowest BCUT2D eigenvalue weighted by Gasteiger charge is -2.39. The van der Waals surface area contributed by atoms with Crippen molar-refractivity contribution in [2.24, 2.45) is 5.41 Å². The molecule has 0 bridgehead atoms. The number of anilines is 1. The second kappa shape index (κ2) is 10.3. The molecule has 4 aromatic rings. The first-order chi connectivity index (χ1) is 18.8. The molecular weight excluding hydrogens is 507 g/mol. The summed E-state index contributed by atoms with van der Waals surface area (Å²) in [5.41, 5.74) is 4.50. The van der Waals surface area contributed by atoms with Gasteiger partial charge in [0.05, 0.1) is 16.9 Å². The van der Waals surface area contributed by atoms with Gasteiger partial charge in [0.25, 0.3) is 0 Å². The summed E-state index contributed by atoms with van der Waals surface area (Å²) in [4.78, 5) is 19.6. The minimum Gasteiger partial charge on any atom is -0.479 e. The van der Waals surface area contributed by atoms with Crippen molar-refractivity contribution < 1.29 is 19.0 Å². The number of carboxylic acid groups (broad SMARTS) is 1. The van der Waals surface area contributed by atoms with Crippen molar-refractivity contribution in [2.75, 3.05) is 18.0 Å². The Morgan fingerprint density at radius 1 is 1.02 bits per heavy atom. The first kappa shape index (κ1) is 27.8. The first-order valence-corrected chi connectivity index (χ1v) is 13.7. The SMILES string of the molecule is Cc1nc2cc(-c3cccc(-c4cccc(F)c4)c3)nn2c(N2CCC(C)(C)CC2)c1[C@H](OC(C)(C)C)C(=O)O. The van der Waals surface area contributed by atoms with Crippen LogP contribution in [0.25, 0.3) is 28.0 Å². The summed E-state index contributed by atoms with van der Waals surface area (Å²) < 4.78 is 21.8. The molecule has 3 heterocycles. The molecule has 1 fully saturated rings. The molecule has 8 heteroatoms. The van der Waals surface area contributed by atoms with Crippen molar-refractivity contribution >= 4 is 17.4 Å². The van der Waals surface area contributed by atoms with Gasteiger partial charge in [-0.2, -0.15) is 9.61 Å². The zero-order valence-electron chi connectivity index (χ0n) is 24.0. The molecule has 1 aliphatic heterocycles. The molecule has 0 saturated carbocycles. The van der Waals surface area contributed by atoms with Crippen LogP contribution in [0.2, 0.25) is 0 Å².